The van der Waals surface area contributed by atoms with Crippen molar-refractivity contribution in [2.75, 3.05) is 36.1 Å². The molecule has 0 saturated carbocycles. The molecular weight excluding hydrogens is 630 g/mol. The topological polar surface area (TPSA) is 99.6 Å². The standard InChI is InChI=1S/C38H40ClN3O6/c1-4-22-40(26-16-18-27(19-17-26)47-6-3)35(44)32-31-20-21-38(48-31)33(32)36(45)42(30(24-43)25-12-8-7-9-13-25)34(38)37(46)41(23-5-2)29-15-11-10-14-28(29)39/h4-5,7-19,30-34,43H,1-2,6,20-24H2,3H3/t30-,31-,32+,33+,34?,38?/m1/s1. The number of aliphatic hydroxyl groups is 1. The van der Waals surface area contributed by atoms with E-state index < -0.39 is 54.0 Å². The highest BCUT2D eigenvalue weighted by Crippen LogP contribution is 2.60. The molecule has 2 unspecified atom stereocenters. The summed E-state index contributed by atoms with van der Waals surface area (Å²) in [7, 11) is 0. The number of rotatable bonds is 13. The molecule has 9 nitrogen and oxygen atoms in total. The van der Waals surface area contributed by atoms with Gasteiger partial charge in [-0.2, -0.15) is 0 Å². The lowest BCUT2D eigenvalue weighted by molar-refractivity contribution is -0.144. The summed E-state index contributed by atoms with van der Waals surface area (Å²) in [4.78, 5) is 49.1. The maximum Gasteiger partial charge on any atom is 0.253 e. The zero-order valence-corrected chi connectivity index (χ0v) is 27.7. The number of carbonyl (C=O) groups excluding carboxylic acids is 3. The van der Waals surface area contributed by atoms with Gasteiger partial charge in [0.25, 0.3) is 5.91 Å². The first-order chi connectivity index (χ1) is 23.3. The van der Waals surface area contributed by atoms with Gasteiger partial charge < -0.3 is 29.3 Å². The number of nitrogens with zero attached hydrogens (tertiary/aromatic N) is 3. The van der Waals surface area contributed by atoms with Crippen molar-refractivity contribution < 1.29 is 29.0 Å². The Morgan fingerprint density at radius 1 is 1.02 bits per heavy atom. The lowest BCUT2D eigenvalue weighted by Crippen LogP contribution is -2.57. The molecule has 3 aromatic rings. The summed E-state index contributed by atoms with van der Waals surface area (Å²) in [6.07, 6.45) is 3.55. The number of likely N-dealkylation sites (tertiary alicyclic amines) is 1. The van der Waals surface area contributed by atoms with E-state index in [0.717, 1.165) is 0 Å². The van der Waals surface area contributed by atoms with Crippen LogP contribution in [0.1, 0.15) is 31.4 Å². The van der Waals surface area contributed by atoms with Crippen molar-refractivity contribution >= 4 is 40.7 Å². The van der Waals surface area contributed by atoms with E-state index in [-0.39, 0.29) is 19.0 Å². The van der Waals surface area contributed by atoms with Crippen molar-refractivity contribution in [1.29, 1.82) is 0 Å². The normalized spacial score (nSPS) is 24.6. The van der Waals surface area contributed by atoms with Crippen LogP contribution in [0.3, 0.4) is 0 Å². The fraction of sp³-hybridized carbons (Fsp3) is 0.342. The largest absolute Gasteiger partial charge is 0.494 e. The maximum absolute atomic E-state index is 15.0. The predicted octanol–water partition coefficient (Wildman–Crippen LogP) is 5.59. The molecule has 0 aromatic heterocycles. The molecular formula is C38H40ClN3O6. The van der Waals surface area contributed by atoms with Crippen molar-refractivity contribution in [3.63, 3.8) is 0 Å². The first-order valence-corrected chi connectivity index (χ1v) is 16.7. The fourth-order valence-electron chi connectivity index (χ4n) is 7.79. The molecule has 3 aliphatic rings. The van der Waals surface area contributed by atoms with E-state index in [1.807, 2.05) is 37.3 Å². The Balaban J connectivity index is 1.45. The van der Waals surface area contributed by atoms with E-state index in [2.05, 4.69) is 13.2 Å². The van der Waals surface area contributed by atoms with Crippen LogP contribution in [0.25, 0.3) is 0 Å². The van der Waals surface area contributed by atoms with Gasteiger partial charge in [0.05, 0.1) is 47.9 Å². The molecule has 6 rings (SSSR count). The number of hydrogen-bond acceptors (Lipinski definition) is 6. The van der Waals surface area contributed by atoms with Gasteiger partial charge in [0.2, 0.25) is 11.8 Å². The molecule has 0 aliphatic carbocycles. The van der Waals surface area contributed by atoms with Gasteiger partial charge in [0, 0.05) is 18.8 Å². The highest BCUT2D eigenvalue weighted by Gasteiger charge is 2.75. The Morgan fingerprint density at radius 3 is 2.33 bits per heavy atom. The highest BCUT2D eigenvalue weighted by atomic mass is 35.5. The molecule has 0 radical (unpaired) electrons. The first kappa shape index (κ1) is 33.5. The summed E-state index contributed by atoms with van der Waals surface area (Å²) in [5.41, 5.74) is 0.448. The second kappa shape index (κ2) is 14.0. The van der Waals surface area contributed by atoms with Crippen LogP contribution in [0.4, 0.5) is 11.4 Å². The van der Waals surface area contributed by atoms with Gasteiger partial charge in [-0.25, -0.2) is 0 Å². The van der Waals surface area contributed by atoms with Gasteiger partial charge in [0.1, 0.15) is 17.4 Å². The Labute approximate surface area is 286 Å². The predicted molar refractivity (Wildman–Crippen MR) is 185 cm³/mol. The number of benzene rings is 3. The Hall–Kier alpha value is -4.44. The van der Waals surface area contributed by atoms with Gasteiger partial charge >= 0.3 is 0 Å². The Kier molecular flexibility index (Phi) is 9.73. The molecule has 250 valence electrons. The number of anilines is 2. The molecule has 1 spiro atoms. The molecule has 3 amide bonds. The fourth-order valence-corrected chi connectivity index (χ4v) is 8.03. The van der Waals surface area contributed by atoms with Crippen LogP contribution in [0, 0.1) is 11.8 Å². The molecule has 10 heteroatoms. The summed E-state index contributed by atoms with van der Waals surface area (Å²) >= 11 is 6.61. The third kappa shape index (κ3) is 5.59. The van der Waals surface area contributed by atoms with Crippen LogP contribution in [-0.4, -0.2) is 71.8 Å². The van der Waals surface area contributed by atoms with Gasteiger partial charge in [0.15, 0.2) is 0 Å². The van der Waals surface area contributed by atoms with Crippen molar-refractivity contribution in [2.24, 2.45) is 11.8 Å². The quantitative estimate of drug-likeness (QED) is 0.239. The molecule has 3 saturated heterocycles. The molecule has 3 aliphatic heterocycles. The molecule has 3 heterocycles. The van der Waals surface area contributed by atoms with Gasteiger partial charge in [-0.15, -0.1) is 13.2 Å². The molecule has 48 heavy (non-hydrogen) atoms. The van der Waals surface area contributed by atoms with E-state index in [1.165, 1.54) is 9.80 Å². The minimum Gasteiger partial charge on any atom is -0.494 e. The Morgan fingerprint density at radius 2 is 1.69 bits per heavy atom. The number of halogens is 1. The van der Waals surface area contributed by atoms with E-state index in [0.29, 0.717) is 47.2 Å². The van der Waals surface area contributed by atoms with Crippen LogP contribution in [0.15, 0.2) is 104 Å². The SMILES string of the molecule is C=CCN(C(=O)[C@@H]1[C@H]2C(=O)N([C@H](CO)c3ccccc3)C(C(=O)N(CC=C)c3ccccc3Cl)C23CC[C@H]1O3)c1ccc(OCC)cc1. The van der Waals surface area contributed by atoms with Gasteiger partial charge in [-0.05, 0) is 61.7 Å². The Bertz CT molecular complexity index is 1680. The average molecular weight is 670 g/mol. The van der Waals surface area contributed by atoms with E-state index >= 15 is 0 Å². The second-order valence-electron chi connectivity index (χ2n) is 12.3. The molecule has 1 N–H and O–H groups in total. The summed E-state index contributed by atoms with van der Waals surface area (Å²) in [6.45, 7) is 10.0. The van der Waals surface area contributed by atoms with Crippen LogP contribution in [-0.2, 0) is 19.1 Å². The van der Waals surface area contributed by atoms with Crippen molar-refractivity contribution in [1.82, 2.24) is 4.90 Å². The highest BCUT2D eigenvalue weighted by molar-refractivity contribution is 6.34. The minimum atomic E-state index is -1.30. The zero-order chi connectivity index (χ0) is 34.0. The lowest BCUT2D eigenvalue weighted by atomic mass is 9.70. The van der Waals surface area contributed by atoms with Crippen LogP contribution >= 0.6 is 11.6 Å². The summed E-state index contributed by atoms with van der Waals surface area (Å²) in [5.74, 6) is -2.25. The van der Waals surface area contributed by atoms with Crippen LogP contribution in [0.2, 0.25) is 5.02 Å². The van der Waals surface area contributed by atoms with Crippen molar-refractivity contribution in [2.45, 2.75) is 43.6 Å². The third-order valence-electron chi connectivity index (χ3n) is 9.71. The monoisotopic (exact) mass is 669 g/mol. The minimum absolute atomic E-state index is 0.119. The van der Waals surface area contributed by atoms with E-state index in [4.69, 9.17) is 21.1 Å². The van der Waals surface area contributed by atoms with Crippen molar-refractivity contribution in [3.05, 3.63) is 115 Å². The summed E-state index contributed by atoms with van der Waals surface area (Å²) < 4.78 is 12.3. The second-order valence-corrected chi connectivity index (χ2v) is 12.7. The summed E-state index contributed by atoms with van der Waals surface area (Å²) in [6, 6.07) is 21.3. The molecule has 2 bridgehead atoms. The third-order valence-corrected chi connectivity index (χ3v) is 10.0. The number of para-hydroxylation sites is 1. The van der Waals surface area contributed by atoms with Crippen molar-refractivity contribution in [3.8, 4) is 5.75 Å². The molecule has 6 atom stereocenters. The number of amides is 3. The van der Waals surface area contributed by atoms with E-state index in [1.54, 1.807) is 65.6 Å². The number of ether oxygens (including phenoxy) is 2. The van der Waals surface area contributed by atoms with Gasteiger partial charge in [-0.1, -0.05) is 66.2 Å². The van der Waals surface area contributed by atoms with Crippen LogP contribution < -0.4 is 14.5 Å². The number of aliphatic hydroxyl groups excluding tert-OH is 1. The maximum atomic E-state index is 15.0. The van der Waals surface area contributed by atoms with Crippen LogP contribution in [0.5, 0.6) is 5.75 Å². The van der Waals surface area contributed by atoms with E-state index in [9.17, 15) is 19.5 Å². The lowest BCUT2D eigenvalue weighted by Gasteiger charge is -2.39. The first-order valence-electron chi connectivity index (χ1n) is 16.3. The average Bonchev–Trinajstić information content (AvgIpc) is 3.75. The molecule has 3 fully saturated rings. The molecule has 3 aromatic carbocycles. The number of carbonyl (C=O) groups is 3. The summed E-state index contributed by atoms with van der Waals surface area (Å²) in [5, 5.41) is 11.2. The van der Waals surface area contributed by atoms with Gasteiger partial charge in [-0.3, -0.25) is 14.4 Å². The number of hydrogen-bond donors (Lipinski definition) is 1. The zero-order valence-electron chi connectivity index (χ0n) is 26.9. The smallest absolute Gasteiger partial charge is 0.253 e. The number of fused-ring (bicyclic) bond motifs is 1.